The van der Waals surface area contributed by atoms with Crippen molar-refractivity contribution >= 4 is 17.8 Å². The maximum atomic E-state index is 13.4. The summed E-state index contributed by atoms with van der Waals surface area (Å²) in [7, 11) is 7.65. The van der Waals surface area contributed by atoms with Gasteiger partial charge >= 0.3 is 5.97 Å². The first kappa shape index (κ1) is 27.9. The molecule has 3 atom stereocenters. The van der Waals surface area contributed by atoms with Gasteiger partial charge in [-0.2, -0.15) is 0 Å². The normalized spacial score (nSPS) is 19.8. The number of ether oxygens (including phenoxy) is 4. The summed E-state index contributed by atoms with van der Waals surface area (Å²) < 4.78 is 21.3. The van der Waals surface area contributed by atoms with Crippen LogP contribution in [0, 0.1) is 0 Å². The van der Waals surface area contributed by atoms with Gasteiger partial charge in [0.1, 0.15) is 29.6 Å². The minimum Gasteiger partial charge on any atom is -0.496 e. The highest BCUT2D eigenvalue weighted by Gasteiger charge is 2.31. The molecular weight excluding hydrogens is 478 g/mol. The molecule has 3 N–H and O–H groups in total. The van der Waals surface area contributed by atoms with Crippen LogP contribution in [0.25, 0.3) is 11.1 Å². The number of hydrogen-bond acceptors (Lipinski definition) is 8. The third-order valence-corrected chi connectivity index (χ3v) is 6.38. The van der Waals surface area contributed by atoms with E-state index in [-0.39, 0.29) is 12.3 Å². The molecule has 1 aliphatic rings. The predicted molar refractivity (Wildman–Crippen MR) is 137 cm³/mol. The predicted octanol–water partition coefficient (Wildman–Crippen LogP) is 1.76. The molecule has 10 heteroatoms. The highest BCUT2D eigenvalue weighted by atomic mass is 16.5. The maximum Gasteiger partial charge on any atom is 0.328 e. The second-order valence-corrected chi connectivity index (χ2v) is 8.70. The van der Waals surface area contributed by atoms with Crippen LogP contribution < -0.4 is 25.4 Å². The van der Waals surface area contributed by atoms with Gasteiger partial charge in [0.2, 0.25) is 11.8 Å². The zero-order chi connectivity index (χ0) is 26.9. The van der Waals surface area contributed by atoms with E-state index in [9.17, 15) is 14.4 Å². The second-order valence-electron chi connectivity index (χ2n) is 8.70. The smallest absolute Gasteiger partial charge is 0.328 e. The molecule has 2 amide bonds. The lowest BCUT2D eigenvalue weighted by atomic mass is 9.94. The van der Waals surface area contributed by atoms with Crippen molar-refractivity contribution in [2.45, 2.75) is 37.4 Å². The lowest BCUT2D eigenvalue weighted by Gasteiger charge is -2.26. The first-order chi connectivity index (χ1) is 17.9. The van der Waals surface area contributed by atoms with Gasteiger partial charge in [0.25, 0.3) is 0 Å². The lowest BCUT2D eigenvalue weighted by Crippen LogP contribution is -2.54. The summed E-state index contributed by atoms with van der Waals surface area (Å²) in [6.07, 6.45) is 1.04. The maximum absolute atomic E-state index is 13.4. The zero-order valence-electron chi connectivity index (χ0n) is 21.9. The summed E-state index contributed by atoms with van der Waals surface area (Å²) in [5.74, 6) is -0.266. The standard InChI is InChI=1S/C27H35N3O7/c1-28-24-17-9-11-23(36-4)19(15-17)18-13-16(8-10-22(18)35-3)14-21(27(33)37-5)30-25(31)20(29-26(24)32)7-6-12-34-2/h8-11,13,15,20-21,24,28H,6-7,12,14H2,1-5H3,(H,29,32)(H,30,31)/t20-,21-,24-/m0/s1. The summed E-state index contributed by atoms with van der Waals surface area (Å²) >= 11 is 0. The molecule has 0 unspecified atom stereocenters. The minimum atomic E-state index is -0.961. The van der Waals surface area contributed by atoms with E-state index >= 15 is 0 Å². The van der Waals surface area contributed by atoms with Crippen LogP contribution in [0.15, 0.2) is 36.4 Å². The second kappa shape index (κ2) is 13.1. The van der Waals surface area contributed by atoms with E-state index in [4.69, 9.17) is 18.9 Å². The monoisotopic (exact) mass is 513 g/mol. The van der Waals surface area contributed by atoms with Crippen molar-refractivity contribution in [3.8, 4) is 22.6 Å². The Hall–Kier alpha value is -3.63. The van der Waals surface area contributed by atoms with E-state index in [1.165, 1.54) is 7.11 Å². The molecule has 0 saturated carbocycles. The van der Waals surface area contributed by atoms with Crippen molar-refractivity contribution in [2.24, 2.45) is 0 Å². The number of carbonyl (C=O) groups excluding carboxylic acids is 3. The number of carbonyl (C=O) groups is 3. The third kappa shape index (κ3) is 6.58. The van der Waals surface area contributed by atoms with Crippen molar-refractivity contribution in [3.05, 3.63) is 47.5 Å². The number of methoxy groups -OCH3 is 4. The summed E-state index contributed by atoms with van der Waals surface area (Å²) in [6, 6.07) is 8.39. The fourth-order valence-electron chi connectivity index (χ4n) is 4.46. The Morgan fingerprint density at radius 1 is 0.946 bits per heavy atom. The minimum absolute atomic E-state index is 0.176. The fraction of sp³-hybridized carbons (Fsp3) is 0.444. The van der Waals surface area contributed by atoms with Gasteiger partial charge in [-0.05, 0) is 55.3 Å². The number of rotatable bonds is 8. The van der Waals surface area contributed by atoms with Crippen molar-refractivity contribution in [3.63, 3.8) is 0 Å². The van der Waals surface area contributed by atoms with Crippen LogP contribution in [0.3, 0.4) is 0 Å². The van der Waals surface area contributed by atoms with Gasteiger partial charge in [0.05, 0.1) is 21.3 Å². The molecule has 10 nitrogen and oxygen atoms in total. The molecule has 37 heavy (non-hydrogen) atoms. The van der Waals surface area contributed by atoms with E-state index in [1.54, 1.807) is 46.6 Å². The van der Waals surface area contributed by atoms with Crippen LogP contribution in [0.4, 0.5) is 0 Å². The molecule has 0 spiro atoms. The number of amides is 2. The van der Waals surface area contributed by atoms with Crippen molar-refractivity contribution in [2.75, 3.05) is 42.1 Å². The van der Waals surface area contributed by atoms with Crippen LogP contribution in [0.1, 0.15) is 30.0 Å². The molecule has 0 radical (unpaired) electrons. The van der Waals surface area contributed by atoms with Gasteiger partial charge in [-0.25, -0.2) is 4.79 Å². The molecule has 4 bridgehead atoms. The summed E-state index contributed by atoms with van der Waals surface area (Å²) in [4.78, 5) is 39.4. The fourth-order valence-corrected chi connectivity index (χ4v) is 4.46. The van der Waals surface area contributed by atoms with E-state index in [0.29, 0.717) is 36.5 Å². The first-order valence-corrected chi connectivity index (χ1v) is 12.1. The van der Waals surface area contributed by atoms with Gasteiger partial charge in [-0.3, -0.25) is 9.59 Å². The van der Waals surface area contributed by atoms with Crippen molar-refractivity contribution in [1.29, 1.82) is 0 Å². The highest BCUT2D eigenvalue weighted by molar-refractivity contribution is 5.93. The average Bonchev–Trinajstić information content (AvgIpc) is 2.91. The largest absolute Gasteiger partial charge is 0.496 e. The lowest BCUT2D eigenvalue weighted by molar-refractivity contribution is -0.145. The summed E-state index contributed by atoms with van der Waals surface area (Å²) in [5.41, 5.74) is 2.91. The van der Waals surface area contributed by atoms with E-state index < -0.39 is 30.0 Å². The first-order valence-electron chi connectivity index (χ1n) is 12.1. The quantitative estimate of drug-likeness (QED) is 0.360. The Balaban J connectivity index is 2.18. The molecule has 0 fully saturated rings. The number of likely N-dealkylation sites (N-methyl/N-ethyl adjacent to an activating group) is 1. The zero-order valence-corrected chi connectivity index (χ0v) is 21.9. The van der Waals surface area contributed by atoms with Crippen LogP contribution >= 0.6 is 0 Å². The average molecular weight is 514 g/mol. The number of hydrogen-bond donors (Lipinski definition) is 3. The molecule has 2 aromatic carbocycles. The highest BCUT2D eigenvalue weighted by Crippen LogP contribution is 2.39. The number of benzene rings is 2. The van der Waals surface area contributed by atoms with Gasteiger partial charge in [-0.15, -0.1) is 0 Å². The third-order valence-electron chi connectivity index (χ3n) is 6.38. The Kier molecular flexibility index (Phi) is 9.87. The number of esters is 1. The van der Waals surface area contributed by atoms with E-state index in [2.05, 4.69) is 16.0 Å². The van der Waals surface area contributed by atoms with Gasteiger partial charge in [0.15, 0.2) is 0 Å². The van der Waals surface area contributed by atoms with Crippen LogP contribution in [-0.2, 0) is 30.3 Å². The van der Waals surface area contributed by atoms with Crippen LogP contribution in [0.5, 0.6) is 11.5 Å². The van der Waals surface area contributed by atoms with Crippen LogP contribution in [-0.4, -0.2) is 72.0 Å². The summed E-state index contributed by atoms with van der Waals surface area (Å²) in [6.45, 7) is 0.423. The van der Waals surface area contributed by atoms with Crippen molar-refractivity contribution < 1.29 is 33.3 Å². The molecule has 1 aliphatic heterocycles. The molecule has 1 heterocycles. The SMILES string of the molecule is CN[C@@H]1C(=O)N[C@@H](CCCOC)C(=O)N[C@H](C(=O)OC)Cc2ccc(OC)c(c2)-c2cc1ccc2OC. The summed E-state index contributed by atoms with van der Waals surface area (Å²) in [5, 5.41) is 8.66. The molecule has 2 aromatic rings. The molecule has 0 aromatic heterocycles. The van der Waals surface area contributed by atoms with E-state index in [0.717, 1.165) is 16.7 Å². The Bertz CT molecular complexity index is 1120. The Morgan fingerprint density at radius 3 is 2.24 bits per heavy atom. The Labute approximate surface area is 217 Å². The van der Waals surface area contributed by atoms with Gasteiger partial charge < -0.3 is 34.9 Å². The molecule has 0 saturated heterocycles. The molecule has 3 rings (SSSR count). The van der Waals surface area contributed by atoms with E-state index in [1.807, 2.05) is 18.2 Å². The molecule has 200 valence electrons. The molecule has 0 aliphatic carbocycles. The van der Waals surface area contributed by atoms with Gasteiger partial charge in [0, 0.05) is 31.3 Å². The number of fused-ring (bicyclic) bond motifs is 5. The van der Waals surface area contributed by atoms with Gasteiger partial charge in [-0.1, -0.05) is 12.1 Å². The van der Waals surface area contributed by atoms with Crippen molar-refractivity contribution in [1.82, 2.24) is 16.0 Å². The molecular formula is C27H35N3O7. The Morgan fingerprint density at radius 2 is 1.62 bits per heavy atom. The topological polar surface area (TPSA) is 124 Å². The number of nitrogens with one attached hydrogen (secondary N) is 3. The van der Waals surface area contributed by atoms with Crippen LogP contribution in [0.2, 0.25) is 0 Å².